The van der Waals surface area contributed by atoms with Crippen LogP contribution in [-0.2, 0) is 0 Å². The van der Waals surface area contributed by atoms with E-state index in [9.17, 15) is 0 Å². The molecule has 1 aliphatic heterocycles. The molecule has 6 nitrogen and oxygen atoms in total. The summed E-state index contributed by atoms with van der Waals surface area (Å²) in [5.41, 5.74) is 6.98. The Morgan fingerprint density at radius 1 is 0.957 bits per heavy atom. The zero-order valence-corrected chi connectivity index (χ0v) is 15.1. The van der Waals surface area contributed by atoms with Gasteiger partial charge in [-0.15, -0.1) is 0 Å². The van der Waals surface area contributed by atoms with Gasteiger partial charge in [0.25, 0.3) is 0 Å². The van der Waals surface area contributed by atoms with E-state index < -0.39 is 0 Å². The van der Waals surface area contributed by atoms with Gasteiger partial charge >= 0.3 is 0 Å². The lowest BCUT2D eigenvalue weighted by atomic mass is 10.3. The summed E-state index contributed by atoms with van der Waals surface area (Å²) in [6.45, 7) is 16.8. The molecule has 2 rings (SSSR count). The number of rotatable bonds is 7. The lowest BCUT2D eigenvalue weighted by molar-refractivity contribution is -0.0204. The molecule has 1 aromatic rings. The monoisotopic (exact) mass is 320 g/mol. The minimum absolute atomic E-state index is 0.775. The third kappa shape index (κ3) is 4.06. The normalized spacial score (nSPS) is 16.1. The number of hydrogen-bond donors (Lipinski definition) is 1. The smallest absolute Gasteiger partial charge is 0.154 e. The molecule has 1 fully saturated rings. The van der Waals surface area contributed by atoms with Gasteiger partial charge in [-0.1, -0.05) is 13.8 Å². The first-order valence-corrected chi connectivity index (χ1v) is 8.90. The molecule has 6 heteroatoms. The molecule has 0 amide bonds. The molecule has 0 bridgehead atoms. The molecule has 0 aliphatic carbocycles. The SMILES string of the molecule is CCN(CC)c1ccc(N)c(N2CCN(N(CC)CC)CC2)n1. The molecule has 0 unspecified atom stereocenters. The summed E-state index contributed by atoms with van der Waals surface area (Å²) in [7, 11) is 0. The Morgan fingerprint density at radius 3 is 2.09 bits per heavy atom. The lowest BCUT2D eigenvalue weighted by Crippen LogP contribution is -2.54. The summed E-state index contributed by atoms with van der Waals surface area (Å²) in [5.74, 6) is 1.96. The van der Waals surface area contributed by atoms with Crippen LogP contribution >= 0.6 is 0 Å². The van der Waals surface area contributed by atoms with Crippen LogP contribution in [0.15, 0.2) is 12.1 Å². The van der Waals surface area contributed by atoms with E-state index in [-0.39, 0.29) is 0 Å². The van der Waals surface area contributed by atoms with Crippen molar-refractivity contribution >= 4 is 17.3 Å². The highest BCUT2D eigenvalue weighted by atomic mass is 15.6. The molecule has 1 aromatic heterocycles. The van der Waals surface area contributed by atoms with E-state index in [1.807, 2.05) is 12.1 Å². The van der Waals surface area contributed by atoms with Gasteiger partial charge in [-0.3, -0.25) is 0 Å². The van der Waals surface area contributed by atoms with Crippen LogP contribution in [0.5, 0.6) is 0 Å². The number of aromatic nitrogens is 1. The van der Waals surface area contributed by atoms with Gasteiger partial charge in [0.2, 0.25) is 0 Å². The molecule has 0 aromatic carbocycles. The molecular formula is C17H32N6. The van der Waals surface area contributed by atoms with Crippen molar-refractivity contribution in [3.63, 3.8) is 0 Å². The number of anilines is 3. The maximum Gasteiger partial charge on any atom is 0.154 e. The molecule has 0 spiro atoms. The standard InChI is InChI=1S/C17H32N6/c1-5-20(6-2)16-10-9-15(18)17(19-16)21-11-13-23(14-12-21)22(7-3)8-4/h9-10H,5-8,11-14,18H2,1-4H3. The number of piperazine rings is 1. The molecular weight excluding hydrogens is 288 g/mol. The zero-order valence-electron chi connectivity index (χ0n) is 15.1. The van der Waals surface area contributed by atoms with Gasteiger partial charge in [0.15, 0.2) is 5.82 Å². The van der Waals surface area contributed by atoms with E-state index in [0.717, 1.165) is 69.7 Å². The van der Waals surface area contributed by atoms with Crippen LogP contribution in [-0.4, -0.2) is 67.4 Å². The molecule has 130 valence electrons. The van der Waals surface area contributed by atoms with Gasteiger partial charge in [0, 0.05) is 52.4 Å². The number of nitrogen functional groups attached to an aromatic ring is 1. The van der Waals surface area contributed by atoms with Crippen LogP contribution in [0.3, 0.4) is 0 Å². The Morgan fingerprint density at radius 2 is 1.57 bits per heavy atom. The summed E-state index contributed by atoms with van der Waals surface area (Å²) in [4.78, 5) is 9.42. The molecule has 0 radical (unpaired) electrons. The van der Waals surface area contributed by atoms with Crippen molar-refractivity contribution in [3.8, 4) is 0 Å². The summed E-state index contributed by atoms with van der Waals surface area (Å²) in [5, 5.41) is 4.85. The van der Waals surface area contributed by atoms with Gasteiger partial charge in [-0.05, 0) is 26.0 Å². The number of hydrazine groups is 1. The van der Waals surface area contributed by atoms with E-state index >= 15 is 0 Å². The van der Waals surface area contributed by atoms with Crippen molar-refractivity contribution < 1.29 is 0 Å². The van der Waals surface area contributed by atoms with Crippen molar-refractivity contribution in [3.05, 3.63) is 12.1 Å². The second-order valence-electron chi connectivity index (χ2n) is 5.83. The number of nitrogens with two attached hydrogens (primary N) is 1. The predicted molar refractivity (Wildman–Crippen MR) is 98.9 cm³/mol. The topological polar surface area (TPSA) is 51.9 Å². The van der Waals surface area contributed by atoms with Gasteiger partial charge in [-0.25, -0.2) is 15.0 Å². The van der Waals surface area contributed by atoms with E-state index in [1.165, 1.54) is 0 Å². The van der Waals surface area contributed by atoms with Crippen LogP contribution in [0.25, 0.3) is 0 Å². The Hall–Kier alpha value is -1.53. The van der Waals surface area contributed by atoms with E-state index in [1.54, 1.807) is 0 Å². The Bertz CT molecular complexity index is 476. The van der Waals surface area contributed by atoms with E-state index in [2.05, 4.69) is 47.5 Å². The minimum Gasteiger partial charge on any atom is -0.396 e. The quantitative estimate of drug-likeness (QED) is 0.828. The van der Waals surface area contributed by atoms with E-state index in [0.29, 0.717) is 0 Å². The minimum atomic E-state index is 0.775. The Balaban J connectivity index is 2.09. The van der Waals surface area contributed by atoms with Crippen LogP contribution < -0.4 is 15.5 Å². The number of hydrogen-bond acceptors (Lipinski definition) is 6. The van der Waals surface area contributed by atoms with Crippen LogP contribution in [0.1, 0.15) is 27.7 Å². The van der Waals surface area contributed by atoms with Crippen molar-refractivity contribution in [1.82, 2.24) is 15.0 Å². The fourth-order valence-corrected chi connectivity index (χ4v) is 3.24. The summed E-state index contributed by atoms with van der Waals surface area (Å²) < 4.78 is 0. The molecule has 1 aliphatic rings. The predicted octanol–water partition coefficient (Wildman–Crippen LogP) is 1.89. The van der Waals surface area contributed by atoms with Gasteiger partial charge < -0.3 is 15.5 Å². The highest BCUT2D eigenvalue weighted by molar-refractivity contribution is 5.66. The molecule has 0 atom stereocenters. The van der Waals surface area contributed by atoms with Crippen molar-refractivity contribution in [2.75, 3.05) is 67.9 Å². The number of pyridine rings is 1. The average Bonchev–Trinajstić information content (AvgIpc) is 2.59. The summed E-state index contributed by atoms with van der Waals surface area (Å²) >= 11 is 0. The first-order chi connectivity index (χ1) is 11.1. The maximum absolute atomic E-state index is 6.20. The highest BCUT2D eigenvalue weighted by Gasteiger charge is 2.23. The molecule has 1 saturated heterocycles. The van der Waals surface area contributed by atoms with Gasteiger partial charge in [-0.2, -0.15) is 0 Å². The van der Waals surface area contributed by atoms with Crippen molar-refractivity contribution in [2.45, 2.75) is 27.7 Å². The Kier molecular flexibility index (Phi) is 6.47. The number of nitrogens with zero attached hydrogens (tertiary/aromatic N) is 5. The molecule has 2 heterocycles. The third-order valence-corrected chi connectivity index (χ3v) is 4.66. The molecule has 23 heavy (non-hydrogen) atoms. The fourth-order valence-electron chi connectivity index (χ4n) is 3.24. The zero-order chi connectivity index (χ0) is 16.8. The van der Waals surface area contributed by atoms with Crippen molar-refractivity contribution in [1.29, 1.82) is 0 Å². The first kappa shape index (κ1) is 17.8. The molecule has 2 N–H and O–H groups in total. The highest BCUT2D eigenvalue weighted by Crippen LogP contribution is 2.25. The summed E-state index contributed by atoms with van der Waals surface area (Å²) in [6.07, 6.45) is 0. The average molecular weight is 320 g/mol. The maximum atomic E-state index is 6.20. The van der Waals surface area contributed by atoms with Crippen LogP contribution in [0.2, 0.25) is 0 Å². The van der Waals surface area contributed by atoms with Crippen LogP contribution in [0.4, 0.5) is 17.3 Å². The first-order valence-electron chi connectivity index (χ1n) is 8.90. The van der Waals surface area contributed by atoms with Crippen molar-refractivity contribution in [2.24, 2.45) is 0 Å². The largest absolute Gasteiger partial charge is 0.396 e. The lowest BCUT2D eigenvalue weighted by Gasteiger charge is -2.41. The summed E-state index contributed by atoms with van der Waals surface area (Å²) in [6, 6.07) is 4.02. The third-order valence-electron chi connectivity index (χ3n) is 4.66. The second-order valence-corrected chi connectivity index (χ2v) is 5.83. The van der Waals surface area contributed by atoms with Gasteiger partial charge in [0.1, 0.15) is 5.82 Å². The Labute approximate surface area is 140 Å². The second kappa shape index (κ2) is 8.36. The fraction of sp³-hybridized carbons (Fsp3) is 0.706. The van der Waals surface area contributed by atoms with Crippen LogP contribution in [0, 0.1) is 0 Å². The molecule has 0 saturated carbocycles. The van der Waals surface area contributed by atoms with Gasteiger partial charge in [0.05, 0.1) is 5.69 Å². The van der Waals surface area contributed by atoms with E-state index in [4.69, 9.17) is 10.7 Å².